The highest BCUT2D eigenvalue weighted by Gasteiger charge is 2.31. The van der Waals surface area contributed by atoms with Gasteiger partial charge in [-0.25, -0.2) is 0 Å². The number of nitrogens with one attached hydrogen (secondary N) is 1. The molecule has 1 atom stereocenters. The quantitative estimate of drug-likeness (QED) is 0.408. The predicted molar refractivity (Wildman–Crippen MR) is 131 cm³/mol. The summed E-state index contributed by atoms with van der Waals surface area (Å²) in [6, 6.07) is 22.9. The predicted octanol–water partition coefficient (Wildman–Crippen LogP) is 5.07. The first-order valence-electron chi connectivity index (χ1n) is 10.6. The van der Waals surface area contributed by atoms with E-state index in [-0.39, 0.29) is 24.8 Å². The summed E-state index contributed by atoms with van der Waals surface area (Å²) in [6.07, 6.45) is 0.138. The second-order valence-electron chi connectivity index (χ2n) is 7.55. The van der Waals surface area contributed by atoms with E-state index in [2.05, 4.69) is 5.32 Å². The second-order valence-corrected chi connectivity index (χ2v) is 8.42. The van der Waals surface area contributed by atoms with Gasteiger partial charge in [-0.2, -0.15) is 0 Å². The third-order valence-electron chi connectivity index (χ3n) is 5.14. The van der Waals surface area contributed by atoms with Gasteiger partial charge >= 0.3 is 0 Å². The van der Waals surface area contributed by atoms with Gasteiger partial charge in [0.05, 0.1) is 13.0 Å². The fraction of sp³-hybridized carbons (Fsp3) is 0.231. The number of rotatable bonds is 10. The zero-order valence-electron chi connectivity index (χ0n) is 18.3. The molecule has 0 heterocycles. The van der Waals surface area contributed by atoms with Crippen molar-refractivity contribution in [3.05, 3.63) is 106 Å². The summed E-state index contributed by atoms with van der Waals surface area (Å²) < 4.78 is 5.06. The Bertz CT molecular complexity index is 1040. The standard InChI is InChI=1S/C26H26Cl2N2O3/c1-33-16-15-29-26(32)25(21-5-3-2-4-6-21)30(18-20-9-13-23(28)14-10-20)24(31)17-19-7-11-22(27)12-8-19/h2-14,25H,15-18H2,1H3,(H,29,32). The van der Waals surface area contributed by atoms with Crippen LogP contribution < -0.4 is 5.32 Å². The van der Waals surface area contributed by atoms with Crippen LogP contribution in [0.3, 0.4) is 0 Å². The molecule has 1 unspecified atom stereocenters. The number of halogens is 2. The van der Waals surface area contributed by atoms with Crippen molar-refractivity contribution in [1.82, 2.24) is 10.2 Å². The lowest BCUT2D eigenvalue weighted by atomic mass is 10.0. The molecule has 1 N–H and O–H groups in total. The topological polar surface area (TPSA) is 58.6 Å². The highest BCUT2D eigenvalue weighted by molar-refractivity contribution is 6.30. The monoisotopic (exact) mass is 484 g/mol. The fourth-order valence-corrected chi connectivity index (χ4v) is 3.72. The number of hydrogen-bond acceptors (Lipinski definition) is 3. The van der Waals surface area contributed by atoms with Crippen LogP contribution >= 0.6 is 23.2 Å². The summed E-state index contributed by atoms with van der Waals surface area (Å²) in [7, 11) is 1.57. The Hall–Kier alpha value is -2.86. The van der Waals surface area contributed by atoms with E-state index in [9.17, 15) is 9.59 Å². The first kappa shape index (κ1) is 24.8. The van der Waals surface area contributed by atoms with Gasteiger partial charge in [0.25, 0.3) is 0 Å². The van der Waals surface area contributed by atoms with Gasteiger partial charge in [0, 0.05) is 30.2 Å². The minimum atomic E-state index is -0.807. The lowest BCUT2D eigenvalue weighted by molar-refractivity contribution is -0.141. The number of methoxy groups -OCH3 is 1. The van der Waals surface area contributed by atoms with Crippen LogP contribution in [0, 0.1) is 0 Å². The average Bonchev–Trinajstić information content (AvgIpc) is 2.82. The van der Waals surface area contributed by atoms with Gasteiger partial charge in [-0.1, -0.05) is 77.8 Å². The largest absolute Gasteiger partial charge is 0.383 e. The Morgan fingerprint density at radius 2 is 1.45 bits per heavy atom. The van der Waals surface area contributed by atoms with Crippen molar-refractivity contribution in [3.8, 4) is 0 Å². The first-order valence-corrected chi connectivity index (χ1v) is 11.3. The first-order chi connectivity index (χ1) is 16.0. The molecule has 3 aromatic rings. The molecule has 0 aliphatic heterocycles. The van der Waals surface area contributed by atoms with E-state index < -0.39 is 6.04 Å². The SMILES string of the molecule is COCCNC(=O)C(c1ccccc1)N(Cc1ccc(Cl)cc1)C(=O)Cc1ccc(Cl)cc1. The highest BCUT2D eigenvalue weighted by atomic mass is 35.5. The van der Waals surface area contributed by atoms with Crippen LogP contribution in [0.5, 0.6) is 0 Å². The minimum Gasteiger partial charge on any atom is -0.383 e. The average molecular weight is 485 g/mol. The maximum absolute atomic E-state index is 13.6. The van der Waals surface area contributed by atoms with Crippen LogP contribution in [0.25, 0.3) is 0 Å². The number of carbonyl (C=O) groups is 2. The zero-order valence-corrected chi connectivity index (χ0v) is 19.9. The Kier molecular flexibility index (Phi) is 9.31. The Morgan fingerprint density at radius 3 is 2.03 bits per heavy atom. The van der Waals surface area contributed by atoms with Gasteiger partial charge in [-0.15, -0.1) is 0 Å². The molecule has 5 nitrogen and oxygen atoms in total. The maximum atomic E-state index is 13.6. The molecule has 3 aromatic carbocycles. The number of benzene rings is 3. The van der Waals surface area contributed by atoms with Gasteiger partial charge in [0.2, 0.25) is 11.8 Å². The Labute approximate surface area is 204 Å². The van der Waals surface area contributed by atoms with E-state index in [1.165, 1.54) is 0 Å². The molecule has 7 heteroatoms. The Morgan fingerprint density at radius 1 is 0.879 bits per heavy atom. The van der Waals surface area contributed by atoms with Crippen LogP contribution in [0.15, 0.2) is 78.9 Å². The van der Waals surface area contributed by atoms with Crippen molar-refractivity contribution in [2.24, 2.45) is 0 Å². The third-order valence-corrected chi connectivity index (χ3v) is 5.64. The smallest absolute Gasteiger partial charge is 0.247 e. The molecule has 3 rings (SSSR count). The Balaban J connectivity index is 1.96. The van der Waals surface area contributed by atoms with Crippen LogP contribution in [0.2, 0.25) is 10.0 Å². The fourth-order valence-electron chi connectivity index (χ4n) is 3.47. The van der Waals surface area contributed by atoms with Crippen LogP contribution in [-0.2, 0) is 27.3 Å². The van der Waals surface area contributed by atoms with Crippen LogP contribution in [0.4, 0.5) is 0 Å². The van der Waals surface area contributed by atoms with Gasteiger partial charge < -0.3 is 15.0 Å². The molecular weight excluding hydrogens is 459 g/mol. The molecule has 2 amide bonds. The highest BCUT2D eigenvalue weighted by Crippen LogP contribution is 2.25. The lowest BCUT2D eigenvalue weighted by Gasteiger charge is -2.32. The molecule has 0 saturated heterocycles. The van der Waals surface area contributed by atoms with Crippen molar-refractivity contribution in [2.45, 2.75) is 19.0 Å². The molecule has 0 saturated carbocycles. The molecule has 0 aromatic heterocycles. The number of carbonyl (C=O) groups excluding carboxylic acids is 2. The van der Waals surface area contributed by atoms with Gasteiger partial charge in [0.15, 0.2) is 0 Å². The van der Waals surface area contributed by atoms with Gasteiger partial charge in [0.1, 0.15) is 6.04 Å². The number of amides is 2. The minimum absolute atomic E-state index is 0.138. The van der Waals surface area contributed by atoms with Gasteiger partial charge in [-0.3, -0.25) is 9.59 Å². The van der Waals surface area contributed by atoms with Crippen LogP contribution in [0.1, 0.15) is 22.7 Å². The zero-order chi connectivity index (χ0) is 23.6. The third kappa shape index (κ3) is 7.32. The van der Waals surface area contributed by atoms with Crippen molar-refractivity contribution in [3.63, 3.8) is 0 Å². The molecule has 172 valence electrons. The summed E-state index contributed by atoms with van der Waals surface area (Å²) in [6.45, 7) is 0.975. The van der Waals surface area contributed by atoms with Crippen molar-refractivity contribution in [1.29, 1.82) is 0 Å². The molecule has 0 aliphatic carbocycles. The summed E-state index contributed by atoms with van der Waals surface area (Å²) >= 11 is 12.0. The van der Waals surface area contributed by atoms with E-state index in [4.69, 9.17) is 27.9 Å². The lowest BCUT2D eigenvalue weighted by Crippen LogP contribution is -2.44. The molecular formula is C26H26Cl2N2O3. The molecule has 0 bridgehead atoms. The van der Waals surface area contributed by atoms with E-state index in [1.807, 2.05) is 54.6 Å². The summed E-state index contributed by atoms with van der Waals surface area (Å²) in [5.74, 6) is -0.445. The van der Waals surface area contributed by atoms with E-state index in [1.54, 1.807) is 36.3 Å². The molecule has 0 aliphatic rings. The molecule has 0 spiro atoms. The normalized spacial score (nSPS) is 11.6. The number of hydrogen-bond donors (Lipinski definition) is 1. The molecule has 0 radical (unpaired) electrons. The van der Waals surface area contributed by atoms with E-state index >= 15 is 0 Å². The van der Waals surface area contributed by atoms with Crippen LogP contribution in [-0.4, -0.2) is 37.0 Å². The number of ether oxygens (including phenoxy) is 1. The van der Waals surface area contributed by atoms with Crippen molar-refractivity contribution < 1.29 is 14.3 Å². The van der Waals surface area contributed by atoms with Gasteiger partial charge in [-0.05, 0) is 41.0 Å². The second kappa shape index (κ2) is 12.4. The van der Waals surface area contributed by atoms with Crippen molar-refractivity contribution in [2.75, 3.05) is 20.3 Å². The van der Waals surface area contributed by atoms with Crippen molar-refractivity contribution >= 4 is 35.0 Å². The summed E-state index contributed by atoms with van der Waals surface area (Å²) in [4.78, 5) is 28.5. The van der Waals surface area contributed by atoms with E-state index in [0.717, 1.165) is 16.7 Å². The molecule has 0 fully saturated rings. The summed E-state index contributed by atoms with van der Waals surface area (Å²) in [5, 5.41) is 4.09. The molecule has 33 heavy (non-hydrogen) atoms. The van der Waals surface area contributed by atoms with E-state index in [0.29, 0.717) is 23.2 Å². The number of nitrogens with zero attached hydrogens (tertiary/aromatic N) is 1. The maximum Gasteiger partial charge on any atom is 0.247 e. The summed E-state index contributed by atoms with van der Waals surface area (Å²) in [5.41, 5.74) is 2.41.